The summed E-state index contributed by atoms with van der Waals surface area (Å²) in [5.41, 5.74) is 1.08. The summed E-state index contributed by atoms with van der Waals surface area (Å²) in [6.07, 6.45) is 5.34. The molecule has 1 fully saturated rings. The fourth-order valence-corrected chi connectivity index (χ4v) is 4.34. The minimum Gasteiger partial charge on any atom is -0.349 e. The Hall–Kier alpha value is -3.19. The van der Waals surface area contributed by atoms with Crippen LogP contribution in [0.1, 0.15) is 48.2 Å². The van der Waals surface area contributed by atoms with Crippen LogP contribution in [0.5, 0.6) is 0 Å². The van der Waals surface area contributed by atoms with Gasteiger partial charge in [0.25, 0.3) is 11.5 Å². The van der Waals surface area contributed by atoms with E-state index in [9.17, 15) is 14.4 Å². The van der Waals surface area contributed by atoms with Crippen molar-refractivity contribution in [2.75, 3.05) is 5.32 Å². The fourth-order valence-electron chi connectivity index (χ4n) is 4.14. The Morgan fingerprint density at radius 1 is 1.09 bits per heavy atom. The summed E-state index contributed by atoms with van der Waals surface area (Å²) in [7, 11) is 0. The van der Waals surface area contributed by atoms with Crippen molar-refractivity contribution in [1.29, 1.82) is 0 Å². The van der Waals surface area contributed by atoms with E-state index >= 15 is 0 Å². The van der Waals surface area contributed by atoms with Crippen LogP contribution in [0.15, 0.2) is 47.3 Å². The van der Waals surface area contributed by atoms with Gasteiger partial charge in [0.05, 0.1) is 21.7 Å². The molecular weight excluding hydrogens is 428 g/mol. The number of carbonyl (C=O) groups excluding carboxylic acids is 2. The van der Waals surface area contributed by atoms with Gasteiger partial charge in [-0.15, -0.1) is 0 Å². The van der Waals surface area contributed by atoms with Crippen molar-refractivity contribution in [2.45, 2.75) is 51.6 Å². The lowest BCUT2D eigenvalue weighted by Crippen LogP contribution is -2.36. The first-order valence-corrected chi connectivity index (χ1v) is 11.2. The zero-order valence-electron chi connectivity index (χ0n) is 17.9. The summed E-state index contributed by atoms with van der Waals surface area (Å²) in [5.74, 6) is -0.670. The van der Waals surface area contributed by atoms with E-state index in [1.54, 1.807) is 37.3 Å². The SMILES string of the molecule is Cc1nn(CC(=O)Nc2ccc(Cl)c(C(=O)NC3CCCCC3)c2)c(=O)c2ccccc12. The highest BCUT2D eigenvalue weighted by Crippen LogP contribution is 2.23. The van der Waals surface area contributed by atoms with Gasteiger partial charge >= 0.3 is 0 Å². The monoisotopic (exact) mass is 452 g/mol. The van der Waals surface area contributed by atoms with E-state index in [-0.39, 0.29) is 24.1 Å². The van der Waals surface area contributed by atoms with Crippen LogP contribution in [0.4, 0.5) is 5.69 Å². The summed E-state index contributed by atoms with van der Waals surface area (Å²) < 4.78 is 1.15. The number of carbonyl (C=O) groups is 2. The number of amides is 2. The van der Waals surface area contributed by atoms with E-state index in [4.69, 9.17) is 11.6 Å². The van der Waals surface area contributed by atoms with Crippen molar-refractivity contribution < 1.29 is 9.59 Å². The first-order chi connectivity index (χ1) is 15.4. The van der Waals surface area contributed by atoms with Gasteiger partial charge in [-0.05, 0) is 44.0 Å². The van der Waals surface area contributed by atoms with Crippen LogP contribution in [-0.4, -0.2) is 27.6 Å². The van der Waals surface area contributed by atoms with E-state index in [1.807, 2.05) is 12.1 Å². The van der Waals surface area contributed by atoms with Gasteiger partial charge in [-0.1, -0.05) is 49.1 Å². The van der Waals surface area contributed by atoms with E-state index < -0.39 is 5.91 Å². The number of nitrogens with zero attached hydrogens (tertiary/aromatic N) is 2. The molecule has 0 radical (unpaired) electrons. The molecule has 166 valence electrons. The average Bonchev–Trinajstić information content (AvgIpc) is 2.79. The van der Waals surface area contributed by atoms with Gasteiger partial charge in [-0.2, -0.15) is 5.10 Å². The second-order valence-corrected chi connectivity index (χ2v) is 8.55. The van der Waals surface area contributed by atoms with Gasteiger partial charge in [-0.3, -0.25) is 14.4 Å². The molecule has 0 spiro atoms. The van der Waals surface area contributed by atoms with Crippen molar-refractivity contribution in [2.24, 2.45) is 0 Å². The zero-order chi connectivity index (χ0) is 22.7. The zero-order valence-corrected chi connectivity index (χ0v) is 18.6. The molecule has 32 heavy (non-hydrogen) atoms. The molecule has 0 aliphatic heterocycles. The largest absolute Gasteiger partial charge is 0.349 e. The third-order valence-electron chi connectivity index (χ3n) is 5.78. The van der Waals surface area contributed by atoms with Crippen LogP contribution in [0, 0.1) is 6.92 Å². The molecule has 0 atom stereocenters. The predicted molar refractivity (Wildman–Crippen MR) is 125 cm³/mol. The summed E-state index contributed by atoms with van der Waals surface area (Å²) in [5, 5.41) is 11.6. The second-order valence-electron chi connectivity index (χ2n) is 8.14. The number of aromatic nitrogens is 2. The van der Waals surface area contributed by atoms with Crippen LogP contribution in [-0.2, 0) is 11.3 Å². The van der Waals surface area contributed by atoms with Crippen LogP contribution >= 0.6 is 11.6 Å². The summed E-state index contributed by atoms with van der Waals surface area (Å²) in [6, 6.07) is 12.1. The van der Waals surface area contributed by atoms with Crippen molar-refractivity contribution in [1.82, 2.24) is 15.1 Å². The maximum atomic E-state index is 12.7. The van der Waals surface area contributed by atoms with Crippen molar-refractivity contribution in [3.63, 3.8) is 0 Å². The Bertz CT molecular complexity index is 1230. The first kappa shape index (κ1) is 22.0. The molecule has 3 aromatic rings. The molecule has 0 bridgehead atoms. The topological polar surface area (TPSA) is 93.1 Å². The number of halogens is 1. The predicted octanol–water partition coefficient (Wildman–Crippen LogP) is 4.06. The molecule has 7 nitrogen and oxygen atoms in total. The number of hydrogen-bond acceptors (Lipinski definition) is 4. The van der Waals surface area contributed by atoms with Crippen molar-refractivity contribution in [3.8, 4) is 0 Å². The van der Waals surface area contributed by atoms with E-state index in [0.717, 1.165) is 35.8 Å². The number of nitrogens with one attached hydrogen (secondary N) is 2. The molecule has 2 aromatic carbocycles. The van der Waals surface area contributed by atoms with Gasteiger partial charge in [-0.25, -0.2) is 4.68 Å². The van der Waals surface area contributed by atoms with Crippen molar-refractivity contribution in [3.05, 3.63) is 69.1 Å². The lowest BCUT2D eigenvalue weighted by molar-refractivity contribution is -0.117. The molecule has 1 aromatic heterocycles. The summed E-state index contributed by atoms with van der Waals surface area (Å²) in [6.45, 7) is 1.56. The minimum absolute atomic E-state index is 0.152. The highest BCUT2D eigenvalue weighted by Gasteiger charge is 2.19. The maximum absolute atomic E-state index is 12.7. The minimum atomic E-state index is -0.421. The number of rotatable bonds is 5. The number of aryl methyl sites for hydroxylation is 1. The molecular formula is C24H25ClN4O3. The lowest BCUT2D eigenvalue weighted by atomic mass is 9.95. The van der Waals surface area contributed by atoms with Crippen LogP contribution in [0.3, 0.4) is 0 Å². The molecule has 2 amide bonds. The number of benzene rings is 2. The van der Waals surface area contributed by atoms with E-state index in [2.05, 4.69) is 15.7 Å². The highest BCUT2D eigenvalue weighted by molar-refractivity contribution is 6.34. The normalized spacial score (nSPS) is 14.3. The lowest BCUT2D eigenvalue weighted by Gasteiger charge is -2.23. The number of hydrogen-bond donors (Lipinski definition) is 2. The third-order valence-corrected chi connectivity index (χ3v) is 6.11. The van der Waals surface area contributed by atoms with E-state index in [0.29, 0.717) is 27.4 Å². The van der Waals surface area contributed by atoms with Crippen LogP contribution in [0.2, 0.25) is 5.02 Å². The van der Waals surface area contributed by atoms with Gasteiger partial charge in [0.2, 0.25) is 5.91 Å². The second kappa shape index (κ2) is 9.53. The molecule has 0 saturated heterocycles. The molecule has 8 heteroatoms. The molecule has 1 heterocycles. The Balaban J connectivity index is 1.48. The van der Waals surface area contributed by atoms with Gasteiger partial charge in [0.1, 0.15) is 6.54 Å². The van der Waals surface area contributed by atoms with Gasteiger partial charge < -0.3 is 10.6 Å². The molecule has 1 saturated carbocycles. The Kier molecular flexibility index (Phi) is 6.55. The van der Waals surface area contributed by atoms with Crippen molar-refractivity contribution >= 4 is 39.9 Å². The molecule has 1 aliphatic rings. The fraction of sp³-hybridized carbons (Fsp3) is 0.333. The van der Waals surface area contributed by atoms with Gasteiger partial charge in [0.15, 0.2) is 0 Å². The quantitative estimate of drug-likeness (QED) is 0.610. The molecule has 1 aliphatic carbocycles. The molecule has 0 unspecified atom stereocenters. The van der Waals surface area contributed by atoms with Crippen LogP contribution in [0.25, 0.3) is 10.8 Å². The Morgan fingerprint density at radius 2 is 1.81 bits per heavy atom. The Morgan fingerprint density at radius 3 is 2.56 bits per heavy atom. The molecule has 2 N–H and O–H groups in total. The third kappa shape index (κ3) is 4.83. The molecule has 4 rings (SSSR count). The smallest absolute Gasteiger partial charge is 0.275 e. The standard InChI is InChI=1S/C24H25ClN4O3/c1-15-18-9-5-6-10-19(18)24(32)29(28-15)14-22(30)26-17-11-12-21(25)20(13-17)23(31)27-16-7-3-2-4-8-16/h5-6,9-13,16H,2-4,7-8,14H2,1H3,(H,26,30)(H,27,31). The Labute approximate surface area is 190 Å². The van der Waals surface area contributed by atoms with Crippen LogP contribution < -0.4 is 16.2 Å². The van der Waals surface area contributed by atoms with Gasteiger partial charge in [0, 0.05) is 17.1 Å². The number of fused-ring (bicyclic) bond motifs is 1. The summed E-state index contributed by atoms with van der Waals surface area (Å²) >= 11 is 6.24. The maximum Gasteiger partial charge on any atom is 0.275 e. The highest BCUT2D eigenvalue weighted by atomic mass is 35.5. The summed E-state index contributed by atoms with van der Waals surface area (Å²) in [4.78, 5) is 38.0. The average molecular weight is 453 g/mol. The number of anilines is 1. The van der Waals surface area contributed by atoms with E-state index in [1.165, 1.54) is 6.42 Å². The first-order valence-electron chi connectivity index (χ1n) is 10.8.